The van der Waals surface area contributed by atoms with Crippen molar-refractivity contribution in [2.75, 3.05) is 64.4 Å². The molecule has 2 fully saturated rings. The van der Waals surface area contributed by atoms with Gasteiger partial charge in [0.25, 0.3) is 5.91 Å². The van der Waals surface area contributed by atoms with E-state index in [0.717, 1.165) is 58.0 Å². The van der Waals surface area contributed by atoms with Crippen LogP contribution in [-0.2, 0) is 9.53 Å². The molecule has 0 spiro atoms. The Morgan fingerprint density at radius 2 is 1.93 bits per heavy atom. The Morgan fingerprint density at radius 1 is 1.14 bits per heavy atom. The van der Waals surface area contributed by atoms with E-state index in [9.17, 15) is 4.79 Å². The fourth-order valence-corrected chi connectivity index (χ4v) is 5.31. The molecule has 0 saturated carbocycles. The largest absolute Gasteiger partial charge is 0.375 e. The number of nitrogens with zero attached hydrogens (tertiary/aromatic N) is 3. The highest BCUT2D eigenvalue weighted by atomic mass is 32.1. The van der Waals surface area contributed by atoms with Crippen molar-refractivity contribution < 1.29 is 9.53 Å². The van der Waals surface area contributed by atoms with Crippen LogP contribution < -0.4 is 10.3 Å². The standard InChI is InChI=1S/C22H32N4O2S/c1-28-17-22(27)23-26-10-6-18(7-11-26)5-9-24-12-14-25(15-13-24)20-3-2-4-21-19(20)8-16-29-21/h2-4,8,16,18H,5-7,9-15,17H2,1H3,(H,23,27). The number of piperidine rings is 1. The summed E-state index contributed by atoms with van der Waals surface area (Å²) in [6.45, 7) is 7.72. The molecule has 1 aromatic heterocycles. The molecular formula is C22H32N4O2S. The predicted molar refractivity (Wildman–Crippen MR) is 119 cm³/mol. The number of anilines is 1. The summed E-state index contributed by atoms with van der Waals surface area (Å²) in [5.41, 5.74) is 4.33. The second kappa shape index (κ2) is 9.89. The molecule has 6 nitrogen and oxygen atoms in total. The summed E-state index contributed by atoms with van der Waals surface area (Å²) < 4.78 is 6.26. The summed E-state index contributed by atoms with van der Waals surface area (Å²) in [6, 6.07) is 8.92. The van der Waals surface area contributed by atoms with Gasteiger partial charge in [0.15, 0.2) is 0 Å². The minimum atomic E-state index is -0.0537. The number of nitrogens with one attached hydrogen (secondary N) is 1. The van der Waals surface area contributed by atoms with Crippen LogP contribution >= 0.6 is 11.3 Å². The number of carbonyl (C=O) groups is 1. The van der Waals surface area contributed by atoms with Gasteiger partial charge in [0.2, 0.25) is 0 Å². The number of hydrogen-bond donors (Lipinski definition) is 1. The van der Waals surface area contributed by atoms with Crippen LogP contribution in [0.1, 0.15) is 19.3 Å². The molecule has 2 saturated heterocycles. The number of rotatable bonds is 7. The first kappa shape index (κ1) is 20.6. The second-order valence-corrected chi connectivity index (χ2v) is 9.07. The normalized spacial score (nSPS) is 19.7. The van der Waals surface area contributed by atoms with E-state index in [1.54, 1.807) is 7.11 Å². The Kier molecular flexibility index (Phi) is 7.02. The third-order valence-corrected chi connectivity index (χ3v) is 7.09. The SMILES string of the molecule is COCC(=O)NN1CCC(CCN2CCN(c3cccc4sccc34)CC2)CC1. The highest BCUT2D eigenvalue weighted by molar-refractivity contribution is 7.17. The van der Waals surface area contributed by atoms with Crippen LogP contribution in [0.5, 0.6) is 0 Å². The van der Waals surface area contributed by atoms with Crippen LogP contribution in [0.4, 0.5) is 5.69 Å². The lowest BCUT2D eigenvalue weighted by Gasteiger charge is -2.38. The number of thiophene rings is 1. The van der Waals surface area contributed by atoms with Crippen LogP contribution in [0, 0.1) is 5.92 Å². The van der Waals surface area contributed by atoms with Gasteiger partial charge in [-0.2, -0.15) is 0 Å². The average Bonchev–Trinajstić information content (AvgIpc) is 3.23. The molecule has 2 aliphatic rings. The van der Waals surface area contributed by atoms with Gasteiger partial charge in [-0.1, -0.05) is 6.07 Å². The minimum absolute atomic E-state index is 0.0537. The van der Waals surface area contributed by atoms with Crippen molar-refractivity contribution in [1.29, 1.82) is 0 Å². The molecule has 7 heteroatoms. The third-order valence-electron chi connectivity index (χ3n) is 6.21. The molecule has 4 rings (SSSR count). The zero-order valence-electron chi connectivity index (χ0n) is 17.3. The van der Waals surface area contributed by atoms with Crippen molar-refractivity contribution in [3.05, 3.63) is 29.6 Å². The van der Waals surface area contributed by atoms with E-state index in [1.807, 2.05) is 16.3 Å². The quantitative estimate of drug-likeness (QED) is 0.752. The number of carbonyl (C=O) groups excluding carboxylic acids is 1. The van der Waals surface area contributed by atoms with Gasteiger partial charge in [-0.05, 0) is 55.3 Å². The fourth-order valence-electron chi connectivity index (χ4n) is 4.50. The summed E-state index contributed by atoms with van der Waals surface area (Å²) in [4.78, 5) is 16.8. The Bertz CT molecular complexity index is 795. The highest BCUT2D eigenvalue weighted by Crippen LogP contribution is 2.31. The van der Waals surface area contributed by atoms with E-state index >= 15 is 0 Å². The number of hydrazine groups is 1. The van der Waals surface area contributed by atoms with E-state index in [1.165, 1.54) is 28.7 Å². The predicted octanol–water partition coefficient (Wildman–Crippen LogP) is 2.80. The third kappa shape index (κ3) is 5.28. The number of piperazine rings is 1. The van der Waals surface area contributed by atoms with Crippen LogP contribution in [0.25, 0.3) is 10.1 Å². The van der Waals surface area contributed by atoms with E-state index in [0.29, 0.717) is 0 Å². The molecule has 2 aromatic rings. The lowest BCUT2D eigenvalue weighted by Crippen LogP contribution is -2.49. The molecule has 0 aliphatic carbocycles. The fraction of sp³-hybridized carbons (Fsp3) is 0.591. The van der Waals surface area contributed by atoms with Crippen molar-refractivity contribution in [3.63, 3.8) is 0 Å². The summed E-state index contributed by atoms with van der Waals surface area (Å²) in [5.74, 6) is 0.713. The van der Waals surface area contributed by atoms with E-state index in [4.69, 9.17) is 4.74 Å². The monoisotopic (exact) mass is 416 g/mol. The summed E-state index contributed by atoms with van der Waals surface area (Å²) in [5, 5.41) is 5.63. The molecule has 158 valence electrons. The maximum Gasteiger partial charge on any atom is 0.260 e. The Labute approximate surface area is 177 Å². The van der Waals surface area contributed by atoms with Gasteiger partial charge in [0.05, 0.1) is 0 Å². The Morgan fingerprint density at radius 3 is 2.69 bits per heavy atom. The number of ether oxygens (including phenoxy) is 1. The van der Waals surface area contributed by atoms with Crippen LogP contribution in [-0.4, -0.2) is 75.3 Å². The number of benzene rings is 1. The van der Waals surface area contributed by atoms with E-state index in [-0.39, 0.29) is 12.5 Å². The van der Waals surface area contributed by atoms with Gasteiger partial charge in [-0.15, -0.1) is 11.3 Å². The van der Waals surface area contributed by atoms with Crippen molar-refractivity contribution in [3.8, 4) is 0 Å². The number of methoxy groups -OCH3 is 1. The molecule has 1 amide bonds. The van der Waals surface area contributed by atoms with Crippen molar-refractivity contribution in [1.82, 2.24) is 15.3 Å². The summed E-state index contributed by atoms with van der Waals surface area (Å²) in [7, 11) is 1.55. The molecule has 0 unspecified atom stereocenters. The number of amides is 1. The average molecular weight is 417 g/mol. The van der Waals surface area contributed by atoms with Crippen molar-refractivity contribution in [2.24, 2.45) is 5.92 Å². The topological polar surface area (TPSA) is 48.1 Å². The molecule has 1 aromatic carbocycles. The lowest BCUT2D eigenvalue weighted by molar-refractivity contribution is -0.130. The van der Waals surface area contributed by atoms with Gasteiger partial charge < -0.3 is 9.64 Å². The van der Waals surface area contributed by atoms with Crippen LogP contribution in [0.2, 0.25) is 0 Å². The Balaban J connectivity index is 1.17. The molecule has 1 N–H and O–H groups in total. The van der Waals surface area contributed by atoms with Crippen LogP contribution in [0.3, 0.4) is 0 Å². The highest BCUT2D eigenvalue weighted by Gasteiger charge is 2.23. The maximum absolute atomic E-state index is 11.6. The minimum Gasteiger partial charge on any atom is -0.375 e. The molecule has 2 aliphatic heterocycles. The zero-order chi connectivity index (χ0) is 20.1. The van der Waals surface area contributed by atoms with Crippen molar-refractivity contribution in [2.45, 2.75) is 19.3 Å². The first-order chi connectivity index (χ1) is 14.2. The zero-order valence-corrected chi connectivity index (χ0v) is 18.1. The number of hydrogen-bond acceptors (Lipinski definition) is 6. The smallest absolute Gasteiger partial charge is 0.260 e. The molecule has 0 bridgehead atoms. The molecule has 3 heterocycles. The summed E-state index contributed by atoms with van der Waals surface area (Å²) in [6.07, 6.45) is 3.58. The summed E-state index contributed by atoms with van der Waals surface area (Å²) >= 11 is 1.83. The second-order valence-electron chi connectivity index (χ2n) is 8.13. The molecule has 29 heavy (non-hydrogen) atoms. The number of fused-ring (bicyclic) bond motifs is 1. The first-order valence-corrected chi connectivity index (χ1v) is 11.6. The van der Waals surface area contributed by atoms with Crippen LogP contribution in [0.15, 0.2) is 29.6 Å². The maximum atomic E-state index is 11.6. The van der Waals surface area contributed by atoms with Gasteiger partial charge in [-0.25, -0.2) is 5.01 Å². The van der Waals surface area contributed by atoms with E-state index in [2.05, 4.69) is 44.9 Å². The van der Waals surface area contributed by atoms with Gasteiger partial charge in [0.1, 0.15) is 6.61 Å². The lowest BCUT2D eigenvalue weighted by atomic mass is 9.94. The van der Waals surface area contributed by atoms with Gasteiger partial charge in [0, 0.05) is 62.2 Å². The van der Waals surface area contributed by atoms with Gasteiger partial charge in [-0.3, -0.25) is 15.1 Å². The molecule has 0 atom stereocenters. The molecule has 0 radical (unpaired) electrons. The van der Waals surface area contributed by atoms with Gasteiger partial charge >= 0.3 is 0 Å². The first-order valence-electron chi connectivity index (χ1n) is 10.7. The Hall–Kier alpha value is -1.67. The molecular weight excluding hydrogens is 384 g/mol. The van der Waals surface area contributed by atoms with E-state index < -0.39 is 0 Å². The van der Waals surface area contributed by atoms with Crippen molar-refractivity contribution >= 4 is 33.0 Å².